The molecule has 40 heavy (non-hydrogen) atoms. The first kappa shape index (κ1) is 28.2. The second kappa shape index (κ2) is 11.9. The minimum atomic E-state index is -0.808. The van der Waals surface area contributed by atoms with E-state index in [4.69, 9.17) is 31.3 Å². The Balaban J connectivity index is 1.90. The highest BCUT2D eigenvalue weighted by atomic mass is 19.1. The third-order valence-corrected chi connectivity index (χ3v) is 6.17. The maximum absolute atomic E-state index is 16.1. The van der Waals surface area contributed by atoms with E-state index in [1.54, 1.807) is 72.4 Å². The normalized spacial score (nSPS) is 11.8. The van der Waals surface area contributed by atoms with Gasteiger partial charge in [-0.2, -0.15) is 0 Å². The second-order valence-electron chi connectivity index (χ2n) is 9.50. The van der Waals surface area contributed by atoms with Crippen molar-refractivity contribution in [1.82, 2.24) is 9.55 Å². The lowest BCUT2D eigenvalue weighted by Gasteiger charge is -2.23. The van der Waals surface area contributed by atoms with Gasteiger partial charge in [-0.05, 0) is 57.2 Å². The summed E-state index contributed by atoms with van der Waals surface area (Å²) in [6.45, 7) is 5.87. The van der Waals surface area contributed by atoms with Crippen LogP contribution in [-0.2, 0) is 7.05 Å². The molecular weight excluding hydrogens is 511 g/mol. The fourth-order valence-electron chi connectivity index (χ4n) is 4.39. The van der Waals surface area contributed by atoms with Crippen LogP contribution in [0.1, 0.15) is 54.1 Å². The fourth-order valence-corrected chi connectivity index (χ4v) is 4.39. The van der Waals surface area contributed by atoms with Crippen molar-refractivity contribution >= 4 is 17.4 Å². The van der Waals surface area contributed by atoms with E-state index in [0.29, 0.717) is 46.3 Å². The Morgan fingerprint density at radius 1 is 1.12 bits per heavy atom. The van der Waals surface area contributed by atoms with E-state index >= 15 is 4.39 Å². The zero-order valence-electron chi connectivity index (χ0n) is 22.9. The van der Waals surface area contributed by atoms with Gasteiger partial charge < -0.3 is 30.8 Å². The summed E-state index contributed by atoms with van der Waals surface area (Å²) in [6, 6.07) is 16.2. The molecule has 10 heteroatoms. The molecule has 0 saturated heterocycles. The van der Waals surface area contributed by atoms with Gasteiger partial charge in [-0.25, -0.2) is 9.37 Å². The minimum absolute atomic E-state index is 0.0585. The number of amidine groups is 1. The largest absolute Gasteiger partial charge is 0.494 e. The maximum Gasteiger partial charge on any atom is 0.249 e. The van der Waals surface area contributed by atoms with Gasteiger partial charge in [-0.1, -0.05) is 18.2 Å². The highest BCUT2D eigenvalue weighted by Crippen LogP contribution is 2.37. The Kier molecular flexibility index (Phi) is 8.37. The molecule has 4 rings (SSSR count). The lowest BCUT2D eigenvalue weighted by molar-refractivity contribution is 0.100. The van der Waals surface area contributed by atoms with Crippen molar-refractivity contribution in [2.75, 3.05) is 11.9 Å². The number of aryl methyl sites for hydroxylation is 1. The summed E-state index contributed by atoms with van der Waals surface area (Å²) in [5.41, 5.74) is 14.1. The summed E-state index contributed by atoms with van der Waals surface area (Å²) in [4.78, 5) is 16.9. The molecule has 0 saturated carbocycles. The van der Waals surface area contributed by atoms with Crippen LogP contribution in [0.3, 0.4) is 0 Å². The van der Waals surface area contributed by atoms with Crippen LogP contribution < -0.4 is 26.3 Å². The van der Waals surface area contributed by atoms with Gasteiger partial charge >= 0.3 is 0 Å². The summed E-state index contributed by atoms with van der Waals surface area (Å²) >= 11 is 0. The van der Waals surface area contributed by atoms with E-state index in [1.807, 2.05) is 20.8 Å². The highest BCUT2D eigenvalue weighted by molar-refractivity contribution is 5.99. The predicted molar refractivity (Wildman–Crippen MR) is 153 cm³/mol. The summed E-state index contributed by atoms with van der Waals surface area (Å²) in [5.74, 6) is -0.222. The first-order chi connectivity index (χ1) is 19.1. The lowest BCUT2D eigenvalue weighted by atomic mass is 10.0. The SMILES string of the molecule is CCOc1cc(OC(C)C)c(F)c(C(Nc2ccc(C(=N)N)cc2)c2nc(-c3ccccc3C(N)=O)cn2C)c1. The van der Waals surface area contributed by atoms with E-state index in [2.05, 4.69) is 5.32 Å². The number of rotatable bonds is 11. The average molecular weight is 545 g/mol. The lowest BCUT2D eigenvalue weighted by Crippen LogP contribution is -2.19. The van der Waals surface area contributed by atoms with Gasteiger partial charge in [0.2, 0.25) is 5.91 Å². The number of ether oxygens (including phenoxy) is 2. The average Bonchev–Trinajstić information content (AvgIpc) is 3.30. The van der Waals surface area contributed by atoms with E-state index < -0.39 is 17.8 Å². The summed E-state index contributed by atoms with van der Waals surface area (Å²) in [7, 11) is 1.79. The van der Waals surface area contributed by atoms with E-state index in [-0.39, 0.29) is 23.3 Å². The number of hydrogen-bond donors (Lipinski definition) is 4. The van der Waals surface area contributed by atoms with Crippen molar-refractivity contribution in [3.05, 3.63) is 95.2 Å². The Labute approximate surface area is 232 Å². The summed E-state index contributed by atoms with van der Waals surface area (Å²) in [6.07, 6.45) is 1.50. The number of nitrogens with one attached hydrogen (secondary N) is 2. The van der Waals surface area contributed by atoms with Gasteiger partial charge in [-0.3, -0.25) is 10.2 Å². The molecule has 0 aliphatic rings. The van der Waals surface area contributed by atoms with Gasteiger partial charge in [0.05, 0.1) is 18.4 Å². The Morgan fingerprint density at radius 2 is 1.82 bits per heavy atom. The molecule has 0 aliphatic carbocycles. The van der Waals surface area contributed by atoms with Crippen LogP contribution in [0.15, 0.2) is 66.9 Å². The van der Waals surface area contributed by atoms with Crippen LogP contribution in [0.25, 0.3) is 11.3 Å². The van der Waals surface area contributed by atoms with Crippen molar-refractivity contribution in [1.29, 1.82) is 5.41 Å². The third-order valence-electron chi connectivity index (χ3n) is 6.17. The van der Waals surface area contributed by atoms with Gasteiger partial charge in [-0.15, -0.1) is 0 Å². The minimum Gasteiger partial charge on any atom is -0.494 e. The van der Waals surface area contributed by atoms with Crippen LogP contribution in [0, 0.1) is 11.2 Å². The molecule has 1 heterocycles. The number of anilines is 1. The van der Waals surface area contributed by atoms with Gasteiger partial charge in [0.15, 0.2) is 11.6 Å². The number of nitrogen functional groups attached to an aromatic ring is 1. The second-order valence-corrected chi connectivity index (χ2v) is 9.50. The standard InChI is InChI=1S/C30H33FN6O3/c1-5-39-20-14-23(26(31)25(15-20)40-17(2)3)27(35-19-12-10-18(11-13-19)28(32)33)30-36-24(16-37(30)4)21-8-6-7-9-22(21)29(34)38/h6-17,27,35H,5H2,1-4H3,(H3,32,33)(H2,34,38). The van der Waals surface area contributed by atoms with Crippen LogP contribution in [-0.4, -0.2) is 34.0 Å². The number of nitrogens with zero attached hydrogens (tertiary/aromatic N) is 2. The van der Waals surface area contributed by atoms with Gasteiger partial charge in [0.25, 0.3) is 0 Å². The van der Waals surface area contributed by atoms with E-state index in [0.717, 1.165) is 0 Å². The first-order valence-corrected chi connectivity index (χ1v) is 12.8. The molecule has 1 amide bonds. The number of hydrogen-bond acceptors (Lipinski definition) is 6. The van der Waals surface area contributed by atoms with Crippen LogP contribution in [0.4, 0.5) is 10.1 Å². The molecule has 1 atom stereocenters. The number of nitrogens with two attached hydrogens (primary N) is 2. The fraction of sp³-hybridized carbons (Fsp3) is 0.233. The quantitative estimate of drug-likeness (QED) is 0.155. The molecule has 0 aliphatic heterocycles. The molecule has 3 aromatic carbocycles. The topological polar surface area (TPSA) is 141 Å². The summed E-state index contributed by atoms with van der Waals surface area (Å²) < 4.78 is 29.5. The molecule has 4 aromatic rings. The number of carbonyl (C=O) groups excluding carboxylic acids is 1. The van der Waals surface area contributed by atoms with Crippen molar-refractivity contribution in [2.45, 2.75) is 32.9 Å². The Morgan fingerprint density at radius 3 is 2.45 bits per heavy atom. The molecule has 0 spiro atoms. The number of aromatic nitrogens is 2. The van der Waals surface area contributed by atoms with Gasteiger partial charge in [0.1, 0.15) is 23.5 Å². The van der Waals surface area contributed by atoms with Gasteiger partial charge in [0, 0.05) is 47.3 Å². The number of carbonyl (C=O) groups is 1. The zero-order chi connectivity index (χ0) is 29.0. The highest BCUT2D eigenvalue weighted by Gasteiger charge is 2.27. The van der Waals surface area contributed by atoms with Crippen molar-refractivity contribution in [2.24, 2.45) is 18.5 Å². The maximum atomic E-state index is 16.1. The molecule has 9 nitrogen and oxygen atoms in total. The number of amides is 1. The number of imidazole rings is 1. The smallest absolute Gasteiger partial charge is 0.249 e. The molecule has 0 radical (unpaired) electrons. The first-order valence-electron chi connectivity index (χ1n) is 12.8. The van der Waals surface area contributed by atoms with E-state index in [9.17, 15) is 4.79 Å². The van der Waals surface area contributed by atoms with Crippen LogP contribution >= 0.6 is 0 Å². The number of halogens is 1. The Hall–Kier alpha value is -4.86. The molecular formula is C30H33FN6O3. The van der Waals surface area contributed by atoms with E-state index in [1.165, 1.54) is 6.07 Å². The van der Waals surface area contributed by atoms with Crippen molar-refractivity contribution in [3.63, 3.8) is 0 Å². The molecule has 0 bridgehead atoms. The monoisotopic (exact) mass is 544 g/mol. The molecule has 0 fully saturated rings. The molecule has 1 unspecified atom stereocenters. The molecule has 1 aromatic heterocycles. The number of primary amides is 1. The summed E-state index contributed by atoms with van der Waals surface area (Å²) in [5, 5.41) is 11.1. The van der Waals surface area contributed by atoms with Crippen LogP contribution in [0.5, 0.6) is 11.5 Å². The molecule has 6 N–H and O–H groups in total. The number of benzene rings is 3. The predicted octanol–water partition coefficient (Wildman–Crippen LogP) is 5.00. The zero-order valence-corrected chi connectivity index (χ0v) is 22.9. The molecule has 208 valence electrons. The third kappa shape index (κ3) is 6.06. The van der Waals surface area contributed by atoms with Crippen LogP contribution in [0.2, 0.25) is 0 Å². The Bertz CT molecular complexity index is 1530. The van der Waals surface area contributed by atoms with Crippen molar-refractivity contribution in [3.8, 4) is 22.8 Å². The van der Waals surface area contributed by atoms with Crippen molar-refractivity contribution < 1.29 is 18.7 Å².